The minimum atomic E-state index is -0.936. The van der Waals surface area contributed by atoms with Gasteiger partial charge in [-0.05, 0) is 47.7 Å². The normalized spacial score (nSPS) is 12.1. The minimum absolute atomic E-state index is 0.0887. The van der Waals surface area contributed by atoms with Crippen LogP contribution in [0.15, 0.2) is 55.1 Å². The number of carboxylic acids is 1. The second-order valence-corrected chi connectivity index (χ2v) is 7.34. The molecule has 0 saturated heterocycles. The molecule has 0 spiro atoms. The summed E-state index contributed by atoms with van der Waals surface area (Å²) in [4.78, 5) is 14.8. The van der Waals surface area contributed by atoms with E-state index in [2.05, 4.69) is 41.4 Å². The second kappa shape index (κ2) is 10.0. The summed E-state index contributed by atoms with van der Waals surface area (Å²) in [5, 5.41) is 16.3. The van der Waals surface area contributed by atoms with Gasteiger partial charge < -0.3 is 10.4 Å². The quantitative estimate of drug-likeness (QED) is 0.480. The third kappa shape index (κ3) is 5.23. The van der Waals surface area contributed by atoms with E-state index < -0.39 is 11.8 Å². The Bertz CT molecular complexity index is 954. The first-order valence-electron chi connectivity index (χ1n) is 10.2. The van der Waals surface area contributed by atoms with Crippen LogP contribution >= 0.6 is 0 Å². The number of anilines is 2. The summed E-state index contributed by atoms with van der Waals surface area (Å²) < 4.78 is 16.2. The van der Waals surface area contributed by atoms with Crippen molar-refractivity contribution < 1.29 is 14.3 Å². The molecule has 1 atom stereocenters. The number of nitrogens with one attached hydrogen (secondary N) is 1. The van der Waals surface area contributed by atoms with Crippen molar-refractivity contribution in [2.45, 2.75) is 45.6 Å². The monoisotopic (exact) mass is 410 g/mol. The zero-order chi connectivity index (χ0) is 21.5. The van der Waals surface area contributed by atoms with Crippen LogP contribution in [-0.2, 0) is 11.2 Å². The lowest BCUT2D eigenvalue weighted by Gasteiger charge is -2.26. The highest BCUT2D eigenvalue weighted by Crippen LogP contribution is 2.31. The van der Waals surface area contributed by atoms with Crippen LogP contribution in [0.25, 0.3) is 0 Å². The Kier molecular flexibility index (Phi) is 7.17. The van der Waals surface area contributed by atoms with Crippen molar-refractivity contribution in [1.82, 2.24) is 14.8 Å². The molecule has 3 rings (SSSR count). The molecule has 6 nitrogen and oxygen atoms in total. The number of halogens is 1. The summed E-state index contributed by atoms with van der Waals surface area (Å²) in [6.07, 6.45) is 5.47. The van der Waals surface area contributed by atoms with E-state index in [1.165, 1.54) is 6.07 Å². The maximum Gasteiger partial charge on any atom is 0.303 e. The van der Waals surface area contributed by atoms with Crippen LogP contribution in [0.1, 0.15) is 50.3 Å². The van der Waals surface area contributed by atoms with E-state index in [1.54, 1.807) is 24.8 Å². The number of nitrogens with zero attached hydrogens (tertiary/aromatic N) is 3. The Hall–Kier alpha value is -3.22. The molecule has 0 bridgehead atoms. The Morgan fingerprint density at radius 2 is 1.83 bits per heavy atom. The Labute approximate surface area is 175 Å². The van der Waals surface area contributed by atoms with Gasteiger partial charge in [-0.1, -0.05) is 44.9 Å². The molecule has 7 heteroatoms. The van der Waals surface area contributed by atoms with Gasteiger partial charge in [0.25, 0.3) is 0 Å². The Balaban J connectivity index is 1.75. The average molecular weight is 410 g/mol. The van der Waals surface area contributed by atoms with Gasteiger partial charge in [0.05, 0.1) is 6.04 Å². The fourth-order valence-electron chi connectivity index (χ4n) is 3.74. The molecule has 158 valence electrons. The summed E-state index contributed by atoms with van der Waals surface area (Å²) in [7, 11) is 0. The average Bonchev–Trinajstić information content (AvgIpc) is 3.26. The molecule has 0 amide bonds. The molecule has 3 aromatic rings. The molecule has 2 aromatic carbocycles. The topological polar surface area (TPSA) is 80.0 Å². The summed E-state index contributed by atoms with van der Waals surface area (Å²) >= 11 is 0. The number of aryl methyl sites for hydroxylation is 1. The molecular formula is C23H27FN4O2. The number of carbonyl (C=O) groups is 1. The van der Waals surface area contributed by atoms with Crippen LogP contribution in [0.4, 0.5) is 15.8 Å². The van der Waals surface area contributed by atoms with Gasteiger partial charge in [-0.3, -0.25) is 4.79 Å². The maximum atomic E-state index is 14.2. The van der Waals surface area contributed by atoms with E-state index >= 15 is 0 Å². The van der Waals surface area contributed by atoms with E-state index in [0.29, 0.717) is 17.2 Å². The fraction of sp³-hybridized carbons (Fsp3) is 0.348. The number of hydrogen-bond donors (Lipinski definition) is 2. The molecule has 1 heterocycles. The van der Waals surface area contributed by atoms with Gasteiger partial charge in [0, 0.05) is 17.8 Å². The fourth-order valence-corrected chi connectivity index (χ4v) is 3.74. The lowest BCUT2D eigenvalue weighted by Crippen LogP contribution is -2.20. The van der Waals surface area contributed by atoms with Gasteiger partial charge in [-0.2, -0.15) is 5.10 Å². The minimum Gasteiger partial charge on any atom is -0.481 e. The van der Waals surface area contributed by atoms with Crippen LogP contribution in [0, 0.1) is 11.7 Å². The van der Waals surface area contributed by atoms with Crippen molar-refractivity contribution in [3.63, 3.8) is 0 Å². The molecule has 1 unspecified atom stereocenters. The van der Waals surface area contributed by atoms with Gasteiger partial charge >= 0.3 is 5.97 Å². The van der Waals surface area contributed by atoms with Crippen LogP contribution in [0.2, 0.25) is 0 Å². The van der Waals surface area contributed by atoms with E-state index in [4.69, 9.17) is 5.11 Å². The highest BCUT2D eigenvalue weighted by Gasteiger charge is 2.23. The first kappa shape index (κ1) is 21.5. The lowest BCUT2D eigenvalue weighted by atomic mass is 9.89. The summed E-state index contributed by atoms with van der Waals surface area (Å²) in [5.41, 5.74) is 3.01. The third-order valence-corrected chi connectivity index (χ3v) is 5.42. The zero-order valence-electron chi connectivity index (χ0n) is 17.3. The highest BCUT2D eigenvalue weighted by atomic mass is 19.1. The van der Waals surface area contributed by atoms with Gasteiger partial charge in [0.1, 0.15) is 18.5 Å². The van der Waals surface area contributed by atoms with Crippen molar-refractivity contribution in [3.05, 3.63) is 72.1 Å². The molecule has 2 N–H and O–H groups in total. The van der Waals surface area contributed by atoms with Crippen molar-refractivity contribution >= 4 is 17.3 Å². The Morgan fingerprint density at radius 3 is 2.40 bits per heavy atom. The summed E-state index contributed by atoms with van der Waals surface area (Å²) in [6, 6.07) is 13.0. The molecule has 0 saturated carbocycles. The number of carboxylic acid groups (broad SMARTS) is 1. The Morgan fingerprint density at radius 1 is 1.13 bits per heavy atom. The smallest absolute Gasteiger partial charge is 0.303 e. The van der Waals surface area contributed by atoms with E-state index in [-0.39, 0.29) is 18.9 Å². The van der Waals surface area contributed by atoms with E-state index in [9.17, 15) is 9.18 Å². The summed E-state index contributed by atoms with van der Waals surface area (Å²) in [6.45, 7) is 4.37. The van der Waals surface area contributed by atoms with E-state index in [1.807, 2.05) is 16.8 Å². The predicted octanol–water partition coefficient (Wildman–Crippen LogP) is 5.20. The van der Waals surface area contributed by atoms with Crippen LogP contribution < -0.4 is 5.32 Å². The van der Waals surface area contributed by atoms with Gasteiger partial charge in [-0.15, -0.1) is 0 Å². The van der Waals surface area contributed by atoms with Crippen LogP contribution in [0.5, 0.6) is 0 Å². The SMILES string of the molecule is CCC(CC)C(c1ccc(Nc2ccc(CCC(=O)O)c(F)c2)cc1)n1cncn1. The number of aliphatic carboxylic acids is 1. The van der Waals surface area contributed by atoms with Crippen LogP contribution in [-0.4, -0.2) is 25.8 Å². The molecule has 0 aliphatic carbocycles. The van der Waals surface area contributed by atoms with Gasteiger partial charge in [-0.25, -0.2) is 14.1 Å². The van der Waals surface area contributed by atoms with Crippen molar-refractivity contribution in [3.8, 4) is 0 Å². The van der Waals surface area contributed by atoms with Crippen LogP contribution in [0.3, 0.4) is 0 Å². The third-order valence-electron chi connectivity index (χ3n) is 5.42. The molecule has 1 aromatic heterocycles. The highest BCUT2D eigenvalue weighted by molar-refractivity contribution is 5.67. The van der Waals surface area contributed by atoms with Crippen molar-refractivity contribution in [2.24, 2.45) is 5.92 Å². The molecule has 0 radical (unpaired) electrons. The number of aromatic nitrogens is 3. The lowest BCUT2D eigenvalue weighted by molar-refractivity contribution is -0.136. The number of rotatable bonds is 10. The molecule has 0 fully saturated rings. The van der Waals surface area contributed by atoms with Crippen molar-refractivity contribution in [2.75, 3.05) is 5.32 Å². The first-order chi connectivity index (χ1) is 14.5. The van der Waals surface area contributed by atoms with Gasteiger partial charge in [0.15, 0.2) is 0 Å². The molecule has 0 aliphatic rings. The molecule has 30 heavy (non-hydrogen) atoms. The maximum absolute atomic E-state index is 14.2. The predicted molar refractivity (Wildman–Crippen MR) is 114 cm³/mol. The second-order valence-electron chi connectivity index (χ2n) is 7.34. The largest absolute Gasteiger partial charge is 0.481 e. The van der Waals surface area contributed by atoms with E-state index in [0.717, 1.165) is 24.1 Å². The standard InChI is InChI=1S/C23H27FN4O2/c1-3-16(4-2)23(28-15-25-14-26-28)18-6-9-19(10-7-18)27-20-11-5-17(21(24)13-20)8-12-22(29)30/h5-7,9-11,13-16,23,27H,3-4,8,12H2,1-2H3,(H,29,30). The summed E-state index contributed by atoms with van der Waals surface area (Å²) in [5.74, 6) is -0.898. The molecule has 0 aliphatic heterocycles. The zero-order valence-corrected chi connectivity index (χ0v) is 17.3. The number of hydrogen-bond acceptors (Lipinski definition) is 4. The van der Waals surface area contributed by atoms with Gasteiger partial charge in [0.2, 0.25) is 0 Å². The van der Waals surface area contributed by atoms with Crippen molar-refractivity contribution in [1.29, 1.82) is 0 Å². The molecular weight excluding hydrogens is 383 g/mol. The first-order valence-corrected chi connectivity index (χ1v) is 10.2. The number of benzene rings is 2.